The lowest BCUT2D eigenvalue weighted by atomic mass is 10.2. The molecule has 0 heterocycles. The second kappa shape index (κ2) is 4.77. The molecule has 0 aliphatic carbocycles. The van der Waals surface area contributed by atoms with Crippen molar-refractivity contribution in [2.75, 3.05) is 12.4 Å². The number of amides is 1. The first-order valence-corrected chi connectivity index (χ1v) is 4.69. The van der Waals surface area contributed by atoms with E-state index in [1.54, 1.807) is 13.8 Å². The quantitative estimate of drug-likeness (QED) is 0.833. The van der Waals surface area contributed by atoms with Crippen molar-refractivity contribution in [2.24, 2.45) is 5.92 Å². The molecule has 0 aliphatic rings. The van der Waals surface area contributed by atoms with Crippen molar-refractivity contribution in [3.63, 3.8) is 0 Å². The first-order valence-electron chi connectivity index (χ1n) is 4.69. The Kier molecular flexibility index (Phi) is 3.66. The maximum atomic E-state index is 12.9. The van der Waals surface area contributed by atoms with E-state index in [0.29, 0.717) is 11.4 Å². The second-order valence-electron chi connectivity index (χ2n) is 3.49. The van der Waals surface area contributed by atoms with Gasteiger partial charge < -0.3 is 10.1 Å². The van der Waals surface area contributed by atoms with Gasteiger partial charge in [-0.05, 0) is 12.1 Å². The van der Waals surface area contributed by atoms with Crippen LogP contribution in [0.25, 0.3) is 0 Å². The van der Waals surface area contributed by atoms with Gasteiger partial charge in [0, 0.05) is 12.0 Å². The minimum atomic E-state index is -0.408. The fourth-order valence-corrected chi connectivity index (χ4v) is 1.05. The third-order valence-corrected chi connectivity index (χ3v) is 1.94. The van der Waals surface area contributed by atoms with Crippen LogP contribution >= 0.6 is 0 Å². The minimum absolute atomic E-state index is 0.155. The van der Waals surface area contributed by atoms with E-state index in [1.165, 1.54) is 25.3 Å². The van der Waals surface area contributed by atoms with E-state index in [2.05, 4.69) is 5.32 Å². The van der Waals surface area contributed by atoms with Crippen molar-refractivity contribution in [1.82, 2.24) is 0 Å². The van der Waals surface area contributed by atoms with Crippen molar-refractivity contribution in [2.45, 2.75) is 13.8 Å². The minimum Gasteiger partial charge on any atom is -0.495 e. The first kappa shape index (κ1) is 11.5. The predicted octanol–water partition coefficient (Wildman–Crippen LogP) is 2.43. The standard InChI is InChI=1S/C11H14FNO2/c1-7(2)11(14)13-9-6-8(12)4-5-10(9)15-3/h4-7H,1-3H3,(H,13,14). The van der Waals surface area contributed by atoms with Gasteiger partial charge in [0.2, 0.25) is 5.91 Å². The van der Waals surface area contributed by atoms with Gasteiger partial charge >= 0.3 is 0 Å². The lowest BCUT2D eigenvalue weighted by Crippen LogP contribution is -2.18. The maximum Gasteiger partial charge on any atom is 0.227 e. The molecule has 0 atom stereocenters. The van der Waals surface area contributed by atoms with E-state index >= 15 is 0 Å². The van der Waals surface area contributed by atoms with Crippen LogP contribution < -0.4 is 10.1 Å². The number of carbonyl (C=O) groups excluding carboxylic acids is 1. The Morgan fingerprint density at radius 3 is 2.67 bits per heavy atom. The van der Waals surface area contributed by atoms with Gasteiger partial charge in [0.05, 0.1) is 12.8 Å². The highest BCUT2D eigenvalue weighted by Gasteiger charge is 2.11. The van der Waals surface area contributed by atoms with Gasteiger partial charge in [-0.2, -0.15) is 0 Å². The lowest BCUT2D eigenvalue weighted by Gasteiger charge is -2.11. The molecule has 15 heavy (non-hydrogen) atoms. The molecule has 0 fully saturated rings. The molecule has 1 amide bonds. The lowest BCUT2D eigenvalue weighted by molar-refractivity contribution is -0.118. The summed E-state index contributed by atoms with van der Waals surface area (Å²) < 4.78 is 17.9. The number of halogens is 1. The summed E-state index contributed by atoms with van der Waals surface area (Å²) in [6.45, 7) is 3.53. The number of anilines is 1. The van der Waals surface area contributed by atoms with E-state index in [0.717, 1.165) is 0 Å². The van der Waals surface area contributed by atoms with Crippen LogP contribution in [-0.2, 0) is 4.79 Å². The maximum absolute atomic E-state index is 12.9. The Morgan fingerprint density at radius 1 is 1.47 bits per heavy atom. The molecule has 82 valence electrons. The van der Waals surface area contributed by atoms with E-state index in [-0.39, 0.29) is 11.8 Å². The topological polar surface area (TPSA) is 38.3 Å². The van der Waals surface area contributed by atoms with Gasteiger partial charge in [-0.15, -0.1) is 0 Å². The summed E-state index contributed by atoms with van der Waals surface area (Å²) in [6, 6.07) is 3.99. The zero-order valence-electron chi connectivity index (χ0n) is 9.00. The van der Waals surface area contributed by atoms with Crippen LogP contribution in [-0.4, -0.2) is 13.0 Å². The normalized spacial score (nSPS) is 10.2. The summed E-state index contributed by atoms with van der Waals surface area (Å²) in [7, 11) is 1.47. The fourth-order valence-electron chi connectivity index (χ4n) is 1.05. The van der Waals surface area contributed by atoms with Crippen molar-refractivity contribution in [3.8, 4) is 5.75 Å². The van der Waals surface area contributed by atoms with Gasteiger partial charge in [-0.3, -0.25) is 4.79 Å². The summed E-state index contributed by atoms with van der Waals surface area (Å²) in [4.78, 5) is 11.4. The molecule has 1 N–H and O–H groups in total. The van der Waals surface area contributed by atoms with Crippen LogP contribution in [0.3, 0.4) is 0 Å². The van der Waals surface area contributed by atoms with E-state index in [1.807, 2.05) is 0 Å². The Hall–Kier alpha value is -1.58. The van der Waals surface area contributed by atoms with Crippen LogP contribution in [0.15, 0.2) is 18.2 Å². The molecule has 1 rings (SSSR count). The highest BCUT2D eigenvalue weighted by atomic mass is 19.1. The third kappa shape index (κ3) is 2.94. The largest absolute Gasteiger partial charge is 0.495 e. The second-order valence-corrected chi connectivity index (χ2v) is 3.49. The molecule has 4 heteroatoms. The molecule has 0 spiro atoms. The smallest absolute Gasteiger partial charge is 0.227 e. The number of rotatable bonds is 3. The highest BCUT2D eigenvalue weighted by Crippen LogP contribution is 2.25. The average molecular weight is 211 g/mol. The zero-order valence-corrected chi connectivity index (χ0v) is 9.00. The number of benzene rings is 1. The molecule has 1 aromatic carbocycles. The van der Waals surface area contributed by atoms with Crippen molar-refractivity contribution in [1.29, 1.82) is 0 Å². The number of nitrogens with one attached hydrogen (secondary N) is 1. The molecule has 0 radical (unpaired) electrons. The SMILES string of the molecule is COc1ccc(F)cc1NC(=O)C(C)C. The zero-order chi connectivity index (χ0) is 11.4. The molecule has 0 saturated heterocycles. The number of carbonyl (C=O) groups is 1. The van der Waals surface area contributed by atoms with E-state index in [4.69, 9.17) is 4.74 Å². The first-order chi connectivity index (χ1) is 7.04. The summed E-state index contributed by atoms with van der Waals surface area (Å²) in [5, 5.41) is 2.60. The van der Waals surface area contributed by atoms with Gasteiger partial charge in [-0.25, -0.2) is 4.39 Å². The molecule has 0 aromatic heterocycles. The fraction of sp³-hybridized carbons (Fsp3) is 0.364. The van der Waals surface area contributed by atoms with Crippen LogP contribution in [0.2, 0.25) is 0 Å². The Morgan fingerprint density at radius 2 is 2.13 bits per heavy atom. The molecule has 1 aromatic rings. The van der Waals surface area contributed by atoms with Crippen molar-refractivity contribution in [3.05, 3.63) is 24.0 Å². The predicted molar refractivity (Wildman–Crippen MR) is 56.4 cm³/mol. The molecule has 3 nitrogen and oxygen atoms in total. The van der Waals surface area contributed by atoms with Gasteiger partial charge in [0.15, 0.2) is 0 Å². The number of methoxy groups -OCH3 is 1. The number of hydrogen-bond acceptors (Lipinski definition) is 2. The summed E-state index contributed by atoms with van der Waals surface area (Å²) >= 11 is 0. The van der Waals surface area contributed by atoms with E-state index in [9.17, 15) is 9.18 Å². The van der Waals surface area contributed by atoms with Gasteiger partial charge in [-0.1, -0.05) is 13.8 Å². The number of hydrogen-bond donors (Lipinski definition) is 1. The van der Waals surface area contributed by atoms with Gasteiger partial charge in [0.25, 0.3) is 0 Å². The van der Waals surface area contributed by atoms with Crippen molar-refractivity contribution >= 4 is 11.6 Å². The molecule has 0 unspecified atom stereocenters. The highest BCUT2D eigenvalue weighted by molar-refractivity contribution is 5.93. The number of ether oxygens (including phenoxy) is 1. The molecular formula is C11H14FNO2. The average Bonchev–Trinajstić information content (AvgIpc) is 2.18. The van der Waals surface area contributed by atoms with Crippen LogP contribution in [0.5, 0.6) is 5.75 Å². The van der Waals surface area contributed by atoms with Gasteiger partial charge in [0.1, 0.15) is 11.6 Å². The molecule has 0 saturated carbocycles. The third-order valence-electron chi connectivity index (χ3n) is 1.94. The Bertz CT molecular complexity index is 364. The molecule has 0 aliphatic heterocycles. The van der Waals surface area contributed by atoms with Crippen molar-refractivity contribution < 1.29 is 13.9 Å². The summed E-state index contributed by atoms with van der Waals surface area (Å²) in [5.41, 5.74) is 0.358. The molecular weight excluding hydrogens is 197 g/mol. The Labute approximate surface area is 88.2 Å². The van der Waals surface area contributed by atoms with Crippen LogP contribution in [0.4, 0.5) is 10.1 Å². The summed E-state index contributed by atoms with van der Waals surface area (Å²) in [6.07, 6.45) is 0. The van der Waals surface area contributed by atoms with Crippen LogP contribution in [0, 0.1) is 11.7 Å². The summed E-state index contributed by atoms with van der Waals surface area (Å²) in [5.74, 6) is -0.280. The monoisotopic (exact) mass is 211 g/mol. The Balaban J connectivity index is 2.92. The molecule has 0 bridgehead atoms. The van der Waals surface area contributed by atoms with Crippen LogP contribution in [0.1, 0.15) is 13.8 Å². The van der Waals surface area contributed by atoms with E-state index < -0.39 is 5.82 Å².